The minimum atomic E-state index is -8.34. The number of halogens is 15. The first kappa shape index (κ1) is 30.2. The summed E-state index contributed by atoms with van der Waals surface area (Å²) < 4.78 is 198. The lowest BCUT2D eigenvalue weighted by Crippen LogP contribution is -2.72. The summed E-state index contributed by atoms with van der Waals surface area (Å²) in [6, 6.07) is 4.09. The highest BCUT2D eigenvalue weighted by molar-refractivity contribution is 5.26. The van der Waals surface area contributed by atoms with Gasteiger partial charge in [0.05, 0.1) is 6.10 Å². The molecule has 1 nitrogen and oxygen atoms in total. The van der Waals surface area contributed by atoms with E-state index < -0.39 is 59.8 Å². The molecule has 1 atom stereocenters. The summed E-state index contributed by atoms with van der Waals surface area (Å²) in [5.41, 5.74) is -0.115. The minimum Gasteiger partial charge on any atom is -0.388 e. The quantitative estimate of drug-likeness (QED) is 0.325. The van der Waals surface area contributed by atoms with Crippen LogP contribution in [0.3, 0.4) is 0 Å². The zero-order valence-electron chi connectivity index (χ0n) is 16.8. The Hall–Kier alpha value is -1.87. The van der Waals surface area contributed by atoms with Crippen molar-refractivity contribution in [2.45, 2.75) is 74.0 Å². The molecule has 198 valence electrons. The Morgan fingerprint density at radius 1 is 0.559 bits per heavy atom. The Morgan fingerprint density at radius 3 is 1.24 bits per heavy atom. The van der Waals surface area contributed by atoms with Crippen LogP contribution in [0.25, 0.3) is 0 Å². The lowest BCUT2D eigenvalue weighted by atomic mass is 9.88. The molecule has 0 amide bonds. The number of alkyl halides is 15. The highest BCUT2D eigenvalue weighted by Gasteiger charge is 2.93. The standard InChI is InChI=1S/C18H15F15O/c1-8(2)9-3-5-10(6-4-9)11(34)7-12(19,20)13(21,22)14(23,24)15(25,26)16(27,28)17(29,30)18(31,32)33/h3-6,8,11,34H,7H2,1-2H3. The molecule has 0 aliphatic carbocycles. The molecule has 0 heterocycles. The van der Waals surface area contributed by atoms with E-state index in [4.69, 9.17) is 0 Å². The molecule has 0 fully saturated rings. The number of rotatable bonds is 9. The summed E-state index contributed by atoms with van der Waals surface area (Å²) in [6.07, 6.45) is -13.2. The third-order valence-corrected chi connectivity index (χ3v) is 4.83. The molecule has 0 radical (unpaired) electrons. The third-order valence-electron chi connectivity index (χ3n) is 4.83. The number of aliphatic hydroxyl groups is 1. The van der Waals surface area contributed by atoms with Crippen LogP contribution in [-0.4, -0.2) is 46.8 Å². The summed E-state index contributed by atoms with van der Waals surface area (Å²) in [4.78, 5) is 0. The van der Waals surface area contributed by atoms with Gasteiger partial charge in [0, 0.05) is 6.42 Å². The highest BCUT2D eigenvalue weighted by Crippen LogP contribution is 2.63. The molecule has 0 aliphatic heterocycles. The zero-order chi connectivity index (χ0) is 27.3. The Kier molecular flexibility index (Phi) is 7.68. The zero-order valence-corrected chi connectivity index (χ0v) is 16.8. The fourth-order valence-corrected chi connectivity index (χ4v) is 2.59. The van der Waals surface area contributed by atoms with Crippen molar-refractivity contribution in [3.05, 3.63) is 35.4 Å². The van der Waals surface area contributed by atoms with Gasteiger partial charge in [0.2, 0.25) is 0 Å². The summed E-state index contributed by atoms with van der Waals surface area (Å²) in [7, 11) is 0. The van der Waals surface area contributed by atoms with Crippen LogP contribution in [0.15, 0.2) is 24.3 Å². The predicted molar refractivity (Wildman–Crippen MR) is 85.8 cm³/mol. The molecular weight excluding hydrogens is 517 g/mol. The monoisotopic (exact) mass is 532 g/mol. The van der Waals surface area contributed by atoms with Gasteiger partial charge in [0.15, 0.2) is 0 Å². The van der Waals surface area contributed by atoms with Crippen LogP contribution in [0.5, 0.6) is 0 Å². The van der Waals surface area contributed by atoms with Crippen molar-refractivity contribution in [1.82, 2.24) is 0 Å². The maximum Gasteiger partial charge on any atom is 0.460 e. The Balaban J connectivity index is 3.40. The van der Waals surface area contributed by atoms with Gasteiger partial charge in [-0.1, -0.05) is 38.1 Å². The molecule has 1 unspecified atom stereocenters. The molecule has 1 aromatic rings. The summed E-state index contributed by atoms with van der Waals surface area (Å²) in [6.45, 7) is 3.31. The summed E-state index contributed by atoms with van der Waals surface area (Å²) in [5.74, 6) is -47.1. The van der Waals surface area contributed by atoms with Crippen LogP contribution in [0, 0.1) is 0 Å². The van der Waals surface area contributed by atoms with E-state index in [1.165, 1.54) is 12.1 Å². The van der Waals surface area contributed by atoms with Gasteiger partial charge in [0.1, 0.15) is 0 Å². The van der Waals surface area contributed by atoms with E-state index >= 15 is 0 Å². The Morgan fingerprint density at radius 2 is 0.882 bits per heavy atom. The summed E-state index contributed by atoms with van der Waals surface area (Å²) >= 11 is 0. The lowest BCUT2D eigenvalue weighted by Gasteiger charge is -2.41. The van der Waals surface area contributed by atoms with Crippen LogP contribution < -0.4 is 0 Å². The fraction of sp³-hybridized carbons (Fsp3) is 0.667. The molecule has 0 saturated carbocycles. The second-order valence-corrected chi connectivity index (χ2v) is 7.62. The van der Waals surface area contributed by atoms with Gasteiger partial charge in [-0.25, -0.2) is 0 Å². The molecular formula is C18H15F15O. The minimum absolute atomic E-state index is 0.158. The van der Waals surface area contributed by atoms with Crippen LogP contribution >= 0.6 is 0 Å². The van der Waals surface area contributed by atoms with Crippen molar-refractivity contribution >= 4 is 0 Å². The topological polar surface area (TPSA) is 20.2 Å². The number of hydrogen-bond acceptors (Lipinski definition) is 1. The average Bonchev–Trinajstić information content (AvgIpc) is 2.65. The van der Waals surface area contributed by atoms with Gasteiger partial charge in [0.25, 0.3) is 0 Å². The Labute approximate surface area is 181 Å². The molecule has 1 N–H and O–H groups in total. The van der Waals surface area contributed by atoms with Gasteiger partial charge in [-0.3, -0.25) is 0 Å². The van der Waals surface area contributed by atoms with Crippen LogP contribution in [0.2, 0.25) is 0 Å². The van der Waals surface area contributed by atoms with Crippen LogP contribution in [0.1, 0.15) is 43.4 Å². The van der Waals surface area contributed by atoms with Crippen molar-refractivity contribution in [2.24, 2.45) is 0 Å². The molecule has 0 bridgehead atoms. The number of hydrogen-bond donors (Lipinski definition) is 1. The Bertz CT molecular complexity index is 840. The van der Waals surface area contributed by atoms with Crippen LogP contribution in [-0.2, 0) is 0 Å². The van der Waals surface area contributed by atoms with E-state index in [0.29, 0.717) is 5.56 Å². The third kappa shape index (κ3) is 4.53. The number of aliphatic hydroxyl groups excluding tert-OH is 1. The first-order valence-electron chi connectivity index (χ1n) is 8.91. The predicted octanol–water partition coefficient (Wildman–Crippen LogP) is 7.61. The van der Waals surface area contributed by atoms with Gasteiger partial charge in [-0.15, -0.1) is 0 Å². The van der Waals surface area contributed by atoms with Crippen molar-refractivity contribution in [3.8, 4) is 0 Å². The van der Waals surface area contributed by atoms with Crippen molar-refractivity contribution in [2.75, 3.05) is 0 Å². The second-order valence-electron chi connectivity index (χ2n) is 7.62. The number of benzene rings is 1. The fourth-order valence-electron chi connectivity index (χ4n) is 2.59. The van der Waals surface area contributed by atoms with Crippen molar-refractivity contribution in [3.63, 3.8) is 0 Å². The van der Waals surface area contributed by atoms with E-state index in [1.807, 2.05) is 0 Å². The molecule has 0 aromatic heterocycles. The van der Waals surface area contributed by atoms with E-state index in [9.17, 15) is 71.0 Å². The largest absolute Gasteiger partial charge is 0.460 e. The van der Waals surface area contributed by atoms with Gasteiger partial charge in [-0.2, -0.15) is 65.9 Å². The maximum absolute atomic E-state index is 13.9. The molecule has 1 aromatic carbocycles. The molecule has 0 spiro atoms. The van der Waals surface area contributed by atoms with Crippen molar-refractivity contribution in [1.29, 1.82) is 0 Å². The molecule has 0 saturated heterocycles. The SMILES string of the molecule is CC(C)c1ccc(C(O)CC(F)(F)C(F)(F)C(F)(F)C(F)(F)C(F)(F)C(F)(F)C(F)(F)F)cc1. The first-order valence-corrected chi connectivity index (χ1v) is 8.91. The smallest absolute Gasteiger partial charge is 0.388 e. The average molecular weight is 532 g/mol. The van der Waals surface area contributed by atoms with E-state index in [0.717, 1.165) is 12.1 Å². The summed E-state index contributed by atoms with van der Waals surface area (Å²) in [5, 5.41) is 9.65. The van der Waals surface area contributed by atoms with Gasteiger partial charge < -0.3 is 5.11 Å². The van der Waals surface area contributed by atoms with Gasteiger partial charge in [-0.05, 0) is 17.0 Å². The van der Waals surface area contributed by atoms with Crippen molar-refractivity contribution < 1.29 is 71.0 Å². The van der Waals surface area contributed by atoms with E-state index in [1.54, 1.807) is 13.8 Å². The lowest BCUT2D eigenvalue weighted by molar-refractivity contribution is -0.453. The maximum atomic E-state index is 13.9. The van der Waals surface area contributed by atoms with Crippen LogP contribution in [0.4, 0.5) is 65.9 Å². The molecule has 34 heavy (non-hydrogen) atoms. The first-order chi connectivity index (χ1) is 14.8. The molecule has 1 rings (SSSR count). The van der Waals surface area contributed by atoms with Gasteiger partial charge >= 0.3 is 41.7 Å². The second kappa shape index (κ2) is 8.66. The van der Waals surface area contributed by atoms with E-state index in [2.05, 4.69) is 0 Å². The molecule has 16 heteroatoms. The molecule has 0 aliphatic rings. The highest BCUT2D eigenvalue weighted by atomic mass is 19.4. The normalized spacial score (nSPS) is 16.2. The van der Waals surface area contributed by atoms with E-state index in [-0.39, 0.29) is 5.92 Å².